The Bertz CT molecular complexity index is 394. The number of hydrogen-bond donors (Lipinski definition) is 0. The van der Waals surface area contributed by atoms with E-state index in [-0.39, 0.29) is 5.78 Å². The Morgan fingerprint density at radius 1 is 1.44 bits per heavy atom. The third-order valence-corrected chi connectivity index (χ3v) is 2.53. The fraction of sp³-hybridized carbons (Fsp3) is 0.429. The van der Waals surface area contributed by atoms with Crippen LogP contribution in [0.1, 0.15) is 55.2 Å². The summed E-state index contributed by atoms with van der Waals surface area (Å²) >= 11 is 0. The summed E-state index contributed by atoms with van der Waals surface area (Å²) in [5.41, 5.74) is 2.92. The molecule has 16 heavy (non-hydrogen) atoms. The Kier molecular flexibility index (Phi) is 4.90. The monoisotopic (exact) mass is 217 g/mol. The van der Waals surface area contributed by atoms with Crippen LogP contribution in [-0.2, 0) is 6.42 Å². The van der Waals surface area contributed by atoms with Crippen LogP contribution >= 0.6 is 0 Å². The average molecular weight is 217 g/mol. The van der Waals surface area contributed by atoms with Gasteiger partial charge in [-0.2, -0.15) is 0 Å². The highest BCUT2D eigenvalue weighted by molar-refractivity contribution is 5.99. The van der Waals surface area contributed by atoms with Crippen LogP contribution in [0.2, 0.25) is 0 Å². The zero-order valence-corrected chi connectivity index (χ0v) is 10.3. The zero-order chi connectivity index (χ0) is 12.0. The molecule has 1 heterocycles. The summed E-state index contributed by atoms with van der Waals surface area (Å²) in [5, 5.41) is 0. The first-order chi connectivity index (χ1) is 7.83. The molecule has 2 nitrogen and oxygen atoms in total. The number of nitrogens with zero attached hydrogens (tertiary/aromatic N) is 1. The number of rotatable bonds is 2. The predicted molar refractivity (Wildman–Crippen MR) is 67.6 cm³/mol. The highest BCUT2D eigenvalue weighted by Crippen LogP contribution is 2.21. The number of carbonyl (C=O) groups is 1. The van der Waals surface area contributed by atoms with E-state index in [0.717, 1.165) is 29.7 Å². The van der Waals surface area contributed by atoms with Gasteiger partial charge in [0.1, 0.15) is 0 Å². The lowest BCUT2D eigenvalue weighted by Gasteiger charge is -2.12. The lowest BCUT2D eigenvalue weighted by molar-refractivity contribution is 0.0987. The largest absolute Gasteiger partial charge is 0.294 e. The lowest BCUT2D eigenvalue weighted by atomic mass is 9.95. The number of hydrogen-bond acceptors (Lipinski definition) is 2. The van der Waals surface area contributed by atoms with Crippen molar-refractivity contribution in [2.75, 3.05) is 0 Å². The van der Waals surface area contributed by atoms with E-state index in [1.165, 1.54) is 0 Å². The van der Waals surface area contributed by atoms with Crippen molar-refractivity contribution in [2.24, 2.45) is 0 Å². The SMILES string of the molecule is CC.CCC(=O)c1ccnc2c1C=CCC2. The third kappa shape index (κ3) is 2.57. The molecule has 1 aromatic heterocycles. The van der Waals surface area contributed by atoms with Gasteiger partial charge in [0.25, 0.3) is 0 Å². The minimum Gasteiger partial charge on any atom is -0.294 e. The smallest absolute Gasteiger partial charge is 0.163 e. The molecule has 0 aliphatic heterocycles. The molecule has 0 saturated carbocycles. The van der Waals surface area contributed by atoms with E-state index in [2.05, 4.69) is 11.1 Å². The third-order valence-electron chi connectivity index (χ3n) is 2.53. The molecule has 2 rings (SSSR count). The van der Waals surface area contributed by atoms with Gasteiger partial charge in [-0.1, -0.05) is 32.9 Å². The number of aromatic nitrogens is 1. The Morgan fingerprint density at radius 2 is 2.19 bits per heavy atom. The van der Waals surface area contributed by atoms with Gasteiger partial charge in [0, 0.05) is 29.4 Å². The molecule has 0 saturated heterocycles. The van der Waals surface area contributed by atoms with Crippen molar-refractivity contribution in [3.05, 3.63) is 35.2 Å². The van der Waals surface area contributed by atoms with Crippen molar-refractivity contribution in [3.8, 4) is 0 Å². The highest BCUT2D eigenvalue weighted by Gasteiger charge is 2.13. The Labute approximate surface area is 97.4 Å². The second-order valence-electron chi connectivity index (χ2n) is 3.44. The van der Waals surface area contributed by atoms with Crippen LogP contribution in [0.4, 0.5) is 0 Å². The molecule has 1 aliphatic carbocycles. The molecule has 1 aromatic rings. The number of pyridine rings is 1. The lowest BCUT2D eigenvalue weighted by Crippen LogP contribution is -2.06. The molecular weight excluding hydrogens is 198 g/mol. The van der Waals surface area contributed by atoms with E-state index in [4.69, 9.17) is 0 Å². The van der Waals surface area contributed by atoms with Crippen LogP contribution in [-0.4, -0.2) is 10.8 Å². The van der Waals surface area contributed by atoms with Crippen molar-refractivity contribution in [1.29, 1.82) is 0 Å². The van der Waals surface area contributed by atoms with Crippen molar-refractivity contribution in [1.82, 2.24) is 4.98 Å². The number of fused-ring (bicyclic) bond motifs is 1. The van der Waals surface area contributed by atoms with Crippen LogP contribution in [0.5, 0.6) is 0 Å². The average Bonchev–Trinajstić information content (AvgIpc) is 2.39. The summed E-state index contributed by atoms with van der Waals surface area (Å²) < 4.78 is 0. The standard InChI is InChI=1S/C12H13NO.C2H6/c1-2-12(14)10-7-8-13-11-6-4-3-5-9(10)11;1-2/h3,5,7-8H,2,4,6H2,1H3;1-2H3. The number of ketones is 1. The molecule has 0 N–H and O–H groups in total. The molecule has 0 radical (unpaired) electrons. The Hall–Kier alpha value is -1.44. The van der Waals surface area contributed by atoms with Crippen molar-refractivity contribution < 1.29 is 4.79 Å². The first-order valence-corrected chi connectivity index (χ1v) is 6.00. The van der Waals surface area contributed by atoms with Crippen molar-refractivity contribution >= 4 is 11.9 Å². The molecule has 0 atom stereocenters. The molecule has 0 amide bonds. The van der Waals surface area contributed by atoms with Gasteiger partial charge >= 0.3 is 0 Å². The van der Waals surface area contributed by atoms with Gasteiger partial charge in [-0.05, 0) is 18.9 Å². The molecule has 0 fully saturated rings. The van der Waals surface area contributed by atoms with E-state index in [1.54, 1.807) is 6.20 Å². The first-order valence-electron chi connectivity index (χ1n) is 6.00. The first kappa shape index (κ1) is 12.6. The van der Waals surface area contributed by atoms with Gasteiger partial charge in [-0.25, -0.2) is 0 Å². The van der Waals surface area contributed by atoms with Crippen LogP contribution in [0.15, 0.2) is 18.3 Å². The second kappa shape index (κ2) is 6.21. The van der Waals surface area contributed by atoms with E-state index in [9.17, 15) is 4.79 Å². The Balaban J connectivity index is 0.000000606. The molecular formula is C14H19NO. The highest BCUT2D eigenvalue weighted by atomic mass is 16.1. The number of aryl methyl sites for hydroxylation is 1. The maximum absolute atomic E-state index is 11.6. The summed E-state index contributed by atoms with van der Waals surface area (Å²) in [7, 11) is 0. The van der Waals surface area contributed by atoms with Crippen LogP contribution in [0.25, 0.3) is 6.08 Å². The van der Waals surface area contributed by atoms with Crippen LogP contribution in [0.3, 0.4) is 0 Å². The van der Waals surface area contributed by atoms with E-state index in [0.29, 0.717) is 6.42 Å². The number of carbonyl (C=O) groups excluding carboxylic acids is 1. The Morgan fingerprint density at radius 3 is 2.88 bits per heavy atom. The van der Waals surface area contributed by atoms with Gasteiger partial charge in [-0.3, -0.25) is 9.78 Å². The molecule has 86 valence electrons. The van der Waals surface area contributed by atoms with Crippen molar-refractivity contribution in [2.45, 2.75) is 40.0 Å². The summed E-state index contributed by atoms with van der Waals surface area (Å²) in [6.45, 7) is 5.89. The van der Waals surface area contributed by atoms with E-state index < -0.39 is 0 Å². The minimum absolute atomic E-state index is 0.204. The van der Waals surface area contributed by atoms with Crippen LogP contribution in [0, 0.1) is 0 Å². The second-order valence-corrected chi connectivity index (χ2v) is 3.44. The number of allylic oxidation sites excluding steroid dienone is 1. The predicted octanol–water partition coefficient (Wildman–Crippen LogP) is 3.66. The fourth-order valence-corrected chi connectivity index (χ4v) is 1.76. The van der Waals surface area contributed by atoms with E-state index >= 15 is 0 Å². The molecule has 0 spiro atoms. The topological polar surface area (TPSA) is 30.0 Å². The zero-order valence-electron chi connectivity index (χ0n) is 10.3. The summed E-state index contributed by atoms with van der Waals surface area (Å²) in [5.74, 6) is 0.204. The molecule has 0 bridgehead atoms. The van der Waals surface area contributed by atoms with E-state index in [1.807, 2.05) is 32.9 Å². The molecule has 2 heteroatoms. The van der Waals surface area contributed by atoms with Gasteiger partial charge < -0.3 is 0 Å². The van der Waals surface area contributed by atoms with Gasteiger partial charge in [-0.15, -0.1) is 0 Å². The molecule has 0 aromatic carbocycles. The summed E-state index contributed by atoms with van der Waals surface area (Å²) in [4.78, 5) is 15.9. The summed E-state index contributed by atoms with van der Waals surface area (Å²) in [6.07, 6.45) is 8.41. The normalized spacial score (nSPS) is 12.4. The quantitative estimate of drug-likeness (QED) is 0.708. The van der Waals surface area contributed by atoms with Gasteiger partial charge in [0.15, 0.2) is 5.78 Å². The summed E-state index contributed by atoms with van der Waals surface area (Å²) in [6, 6.07) is 1.82. The van der Waals surface area contributed by atoms with Gasteiger partial charge in [0.2, 0.25) is 0 Å². The maximum atomic E-state index is 11.6. The van der Waals surface area contributed by atoms with Gasteiger partial charge in [0.05, 0.1) is 0 Å². The minimum atomic E-state index is 0.204. The van der Waals surface area contributed by atoms with Crippen molar-refractivity contribution in [3.63, 3.8) is 0 Å². The van der Waals surface area contributed by atoms with Crippen LogP contribution < -0.4 is 0 Å². The molecule has 1 aliphatic rings. The number of Topliss-reactive ketones (excluding diaryl/α,β-unsaturated/α-hetero) is 1. The fourth-order valence-electron chi connectivity index (χ4n) is 1.76. The maximum Gasteiger partial charge on any atom is 0.163 e. The molecule has 0 unspecified atom stereocenters.